The molecule has 1 aromatic rings. The molecule has 0 atom stereocenters. The van der Waals surface area contributed by atoms with Crippen molar-refractivity contribution in [2.75, 3.05) is 20.3 Å². The summed E-state index contributed by atoms with van der Waals surface area (Å²) in [6.07, 6.45) is 1.63. The predicted molar refractivity (Wildman–Crippen MR) is 82.3 cm³/mol. The van der Waals surface area contributed by atoms with Crippen molar-refractivity contribution in [3.8, 4) is 5.75 Å². The fourth-order valence-electron chi connectivity index (χ4n) is 1.82. The zero-order valence-corrected chi connectivity index (χ0v) is 13.0. The Morgan fingerprint density at radius 3 is 2.55 bits per heavy atom. The van der Waals surface area contributed by atoms with Crippen LogP contribution in [-0.4, -0.2) is 42.3 Å². The van der Waals surface area contributed by atoms with Gasteiger partial charge in [-0.2, -0.15) is 0 Å². The quantitative estimate of drug-likeness (QED) is 0.471. The second-order valence-corrected chi connectivity index (χ2v) is 5.48. The summed E-state index contributed by atoms with van der Waals surface area (Å²) in [5.41, 5.74) is 0.744. The lowest BCUT2D eigenvalue weighted by atomic mass is 10.2. The van der Waals surface area contributed by atoms with E-state index < -0.39 is 5.97 Å². The van der Waals surface area contributed by atoms with Crippen molar-refractivity contribution in [1.29, 1.82) is 0 Å². The van der Waals surface area contributed by atoms with Gasteiger partial charge in [-0.15, -0.1) is 0 Å². The highest BCUT2D eigenvalue weighted by atomic mass is 32.2. The van der Waals surface area contributed by atoms with Crippen LogP contribution in [0.4, 0.5) is 4.79 Å². The van der Waals surface area contributed by atoms with E-state index in [1.807, 2.05) is 0 Å². The maximum Gasteiger partial charge on any atom is 0.308 e. The van der Waals surface area contributed by atoms with Crippen LogP contribution in [0.3, 0.4) is 0 Å². The van der Waals surface area contributed by atoms with Crippen molar-refractivity contribution in [2.45, 2.75) is 6.92 Å². The van der Waals surface area contributed by atoms with E-state index >= 15 is 0 Å². The minimum absolute atomic E-state index is 0.240. The Morgan fingerprint density at radius 2 is 1.95 bits per heavy atom. The highest BCUT2D eigenvalue weighted by Gasteiger charge is 2.34. The first-order valence-corrected chi connectivity index (χ1v) is 7.35. The van der Waals surface area contributed by atoms with Gasteiger partial charge >= 0.3 is 5.97 Å². The topological polar surface area (TPSA) is 72.9 Å². The number of esters is 1. The molecule has 1 aromatic carbocycles. The average molecular weight is 321 g/mol. The zero-order chi connectivity index (χ0) is 16.1. The molecular formula is C15H15NO5S. The van der Waals surface area contributed by atoms with Gasteiger partial charge in [0.1, 0.15) is 5.75 Å². The first-order chi connectivity index (χ1) is 10.5. The van der Waals surface area contributed by atoms with Crippen molar-refractivity contribution < 1.29 is 23.9 Å². The Labute approximate surface area is 132 Å². The molecule has 0 unspecified atom stereocenters. The zero-order valence-electron chi connectivity index (χ0n) is 12.2. The third kappa shape index (κ3) is 3.96. The van der Waals surface area contributed by atoms with Gasteiger partial charge in [-0.25, -0.2) is 0 Å². The standard InChI is InChI=1S/C15H15NO5S/c1-10(17)21-12-5-3-11(4-6-12)9-13-14(18)16(7-8-20-2)15(19)22-13/h3-6,9H,7-8H2,1-2H3/b13-9+. The number of carbonyl (C=O) groups is 3. The van der Waals surface area contributed by atoms with E-state index in [1.165, 1.54) is 14.0 Å². The van der Waals surface area contributed by atoms with E-state index in [0.717, 1.165) is 22.2 Å². The van der Waals surface area contributed by atoms with Crippen LogP contribution in [0.1, 0.15) is 12.5 Å². The van der Waals surface area contributed by atoms with Crippen LogP contribution in [0.15, 0.2) is 29.2 Å². The van der Waals surface area contributed by atoms with Crippen molar-refractivity contribution in [2.24, 2.45) is 0 Å². The fourth-order valence-corrected chi connectivity index (χ4v) is 2.69. The van der Waals surface area contributed by atoms with Gasteiger partial charge in [-0.3, -0.25) is 19.3 Å². The Bertz CT molecular complexity index is 623. The van der Waals surface area contributed by atoms with E-state index in [1.54, 1.807) is 30.3 Å². The number of thioether (sulfide) groups is 1. The molecule has 0 N–H and O–H groups in total. The summed E-state index contributed by atoms with van der Waals surface area (Å²) in [5.74, 6) is -0.291. The van der Waals surface area contributed by atoms with Crippen molar-refractivity contribution in [1.82, 2.24) is 4.90 Å². The molecule has 22 heavy (non-hydrogen) atoms. The molecule has 2 amide bonds. The molecule has 0 bridgehead atoms. The first kappa shape index (κ1) is 16.3. The number of imide groups is 1. The lowest BCUT2D eigenvalue weighted by Crippen LogP contribution is -2.31. The minimum atomic E-state index is -0.396. The second-order valence-electron chi connectivity index (χ2n) is 4.49. The van der Waals surface area contributed by atoms with Crippen LogP contribution in [0.25, 0.3) is 6.08 Å². The first-order valence-electron chi connectivity index (χ1n) is 6.54. The van der Waals surface area contributed by atoms with Gasteiger partial charge in [0.2, 0.25) is 0 Å². The third-order valence-corrected chi connectivity index (χ3v) is 3.74. The van der Waals surface area contributed by atoms with Crippen LogP contribution in [-0.2, 0) is 14.3 Å². The smallest absolute Gasteiger partial charge is 0.308 e. The van der Waals surface area contributed by atoms with E-state index in [2.05, 4.69) is 0 Å². The summed E-state index contributed by atoms with van der Waals surface area (Å²) < 4.78 is 9.81. The summed E-state index contributed by atoms with van der Waals surface area (Å²) >= 11 is 0.900. The SMILES string of the molecule is COCCN1C(=O)S/C(=C/c2ccc(OC(C)=O)cc2)C1=O. The number of nitrogens with zero attached hydrogens (tertiary/aromatic N) is 1. The molecule has 1 aliphatic heterocycles. The Morgan fingerprint density at radius 1 is 1.27 bits per heavy atom. The van der Waals surface area contributed by atoms with Gasteiger partial charge in [-0.05, 0) is 35.5 Å². The summed E-state index contributed by atoms with van der Waals surface area (Å²) in [7, 11) is 1.51. The number of rotatable bonds is 5. The van der Waals surface area contributed by atoms with Crippen LogP contribution in [0, 0.1) is 0 Å². The molecule has 1 aliphatic rings. The molecule has 0 saturated carbocycles. The van der Waals surface area contributed by atoms with Gasteiger partial charge in [-0.1, -0.05) is 12.1 Å². The summed E-state index contributed by atoms with van der Waals surface area (Å²) in [6, 6.07) is 6.67. The number of hydrogen-bond donors (Lipinski definition) is 0. The fraction of sp³-hybridized carbons (Fsp3) is 0.267. The number of methoxy groups -OCH3 is 1. The number of carbonyl (C=O) groups excluding carboxylic acids is 3. The van der Waals surface area contributed by atoms with Gasteiger partial charge in [0.05, 0.1) is 18.1 Å². The molecule has 0 radical (unpaired) electrons. The molecule has 1 saturated heterocycles. The van der Waals surface area contributed by atoms with Crippen LogP contribution in [0.2, 0.25) is 0 Å². The summed E-state index contributed by atoms with van der Waals surface area (Å²) in [4.78, 5) is 36.3. The number of benzene rings is 1. The minimum Gasteiger partial charge on any atom is -0.427 e. The molecule has 2 rings (SSSR count). The highest BCUT2D eigenvalue weighted by Crippen LogP contribution is 2.32. The Hall–Kier alpha value is -2.12. The number of amides is 2. The molecule has 0 aromatic heterocycles. The van der Waals surface area contributed by atoms with E-state index in [0.29, 0.717) is 17.3 Å². The van der Waals surface area contributed by atoms with Gasteiger partial charge in [0, 0.05) is 14.0 Å². The predicted octanol–water partition coefficient (Wildman–Crippen LogP) is 2.29. The Balaban J connectivity index is 2.11. The second kappa shape index (κ2) is 7.24. The molecule has 0 aliphatic carbocycles. The maximum absolute atomic E-state index is 12.1. The molecule has 0 spiro atoms. The van der Waals surface area contributed by atoms with Crippen LogP contribution < -0.4 is 4.74 Å². The lowest BCUT2D eigenvalue weighted by Gasteiger charge is -2.10. The van der Waals surface area contributed by atoms with Gasteiger partial charge in [0.15, 0.2) is 0 Å². The molecule has 1 fully saturated rings. The monoisotopic (exact) mass is 321 g/mol. The molecule has 7 heteroatoms. The van der Waals surface area contributed by atoms with Gasteiger partial charge in [0.25, 0.3) is 11.1 Å². The third-order valence-electron chi connectivity index (χ3n) is 2.83. The normalized spacial score (nSPS) is 16.5. The molecule has 116 valence electrons. The molecule has 1 heterocycles. The molecule has 6 nitrogen and oxygen atoms in total. The van der Waals surface area contributed by atoms with E-state index in [9.17, 15) is 14.4 Å². The number of hydrogen-bond acceptors (Lipinski definition) is 6. The largest absolute Gasteiger partial charge is 0.427 e. The Kier molecular flexibility index (Phi) is 5.35. The average Bonchev–Trinajstić information content (AvgIpc) is 2.73. The van der Waals surface area contributed by atoms with Crippen molar-refractivity contribution in [3.63, 3.8) is 0 Å². The van der Waals surface area contributed by atoms with Crippen molar-refractivity contribution >= 4 is 35.0 Å². The number of ether oxygens (including phenoxy) is 2. The van der Waals surface area contributed by atoms with Crippen molar-refractivity contribution in [3.05, 3.63) is 34.7 Å². The summed E-state index contributed by atoms with van der Waals surface area (Å²) in [5, 5.41) is -0.301. The van der Waals surface area contributed by atoms with E-state index in [-0.39, 0.29) is 17.7 Å². The molecular weight excluding hydrogens is 306 g/mol. The highest BCUT2D eigenvalue weighted by molar-refractivity contribution is 8.18. The summed E-state index contributed by atoms with van der Waals surface area (Å²) in [6.45, 7) is 1.87. The maximum atomic E-state index is 12.1. The van der Waals surface area contributed by atoms with E-state index in [4.69, 9.17) is 9.47 Å². The lowest BCUT2D eigenvalue weighted by molar-refractivity contribution is -0.131. The van der Waals surface area contributed by atoms with Crippen LogP contribution in [0.5, 0.6) is 5.75 Å². The van der Waals surface area contributed by atoms with Gasteiger partial charge < -0.3 is 9.47 Å². The van der Waals surface area contributed by atoms with Crippen LogP contribution >= 0.6 is 11.8 Å².